The molecule has 1 saturated carbocycles. The van der Waals surface area contributed by atoms with E-state index in [0.717, 1.165) is 12.8 Å². The number of benzene rings is 1. The normalized spacial score (nSPS) is 17.7. The molecule has 2 rings (SSSR count). The Labute approximate surface area is 108 Å². The Bertz CT molecular complexity index is 414. The first-order valence-corrected chi connectivity index (χ1v) is 6.37. The highest BCUT2D eigenvalue weighted by atomic mass is 16.5. The maximum absolute atomic E-state index is 10.1. The van der Waals surface area contributed by atoms with Gasteiger partial charge in [0.25, 0.3) is 0 Å². The van der Waals surface area contributed by atoms with Crippen molar-refractivity contribution in [1.82, 2.24) is 0 Å². The van der Waals surface area contributed by atoms with E-state index in [1.165, 1.54) is 12.8 Å². The molecule has 18 heavy (non-hydrogen) atoms. The number of ether oxygens (including phenoxy) is 2. The molecule has 0 radical (unpaired) electrons. The molecule has 100 valence electrons. The fourth-order valence-corrected chi connectivity index (χ4v) is 2.76. The maximum atomic E-state index is 10.1. The van der Waals surface area contributed by atoms with Gasteiger partial charge >= 0.3 is 0 Å². The summed E-state index contributed by atoms with van der Waals surface area (Å²) in [6.45, 7) is 0. The van der Waals surface area contributed by atoms with E-state index in [2.05, 4.69) is 0 Å². The minimum atomic E-state index is -0.173. The standard InChI is InChI=1S/C14H21NO3/c1-17-10-7-11(16)13(12(8-10)18-2)14(15)9-5-3-4-6-9/h7-9,14,16H,3-6,15H2,1-2H3/t14-/m1/s1. The fraction of sp³-hybridized carbons (Fsp3) is 0.571. The number of phenols is 1. The summed E-state index contributed by atoms with van der Waals surface area (Å²) in [5.74, 6) is 1.77. The third-order valence-electron chi connectivity index (χ3n) is 3.79. The lowest BCUT2D eigenvalue weighted by Gasteiger charge is -2.23. The summed E-state index contributed by atoms with van der Waals surface area (Å²) in [5, 5.41) is 10.1. The Morgan fingerprint density at radius 3 is 2.44 bits per heavy atom. The average Bonchev–Trinajstić information content (AvgIpc) is 2.90. The quantitative estimate of drug-likeness (QED) is 0.863. The number of phenolic OH excluding ortho intramolecular Hbond substituents is 1. The SMILES string of the molecule is COc1cc(O)c([C@H](N)C2CCCC2)c(OC)c1. The predicted molar refractivity (Wildman–Crippen MR) is 70.1 cm³/mol. The number of hydrogen-bond acceptors (Lipinski definition) is 4. The average molecular weight is 251 g/mol. The molecule has 0 aromatic heterocycles. The van der Waals surface area contributed by atoms with Crippen molar-refractivity contribution < 1.29 is 14.6 Å². The van der Waals surface area contributed by atoms with Gasteiger partial charge in [-0.05, 0) is 18.8 Å². The third-order valence-corrected chi connectivity index (χ3v) is 3.79. The molecule has 1 aliphatic rings. The molecule has 1 atom stereocenters. The predicted octanol–water partition coefficient (Wildman–Crippen LogP) is 2.60. The van der Waals surface area contributed by atoms with Crippen LogP contribution in [0.4, 0.5) is 0 Å². The molecule has 0 bridgehead atoms. The van der Waals surface area contributed by atoms with Crippen molar-refractivity contribution in [2.75, 3.05) is 14.2 Å². The van der Waals surface area contributed by atoms with Gasteiger partial charge in [0.15, 0.2) is 0 Å². The summed E-state index contributed by atoms with van der Waals surface area (Å²) < 4.78 is 10.4. The number of nitrogens with two attached hydrogens (primary N) is 1. The Hall–Kier alpha value is -1.42. The first kappa shape index (κ1) is 13.0. The Morgan fingerprint density at radius 1 is 1.22 bits per heavy atom. The molecule has 1 aromatic rings. The summed E-state index contributed by atoms with van der Waals surface area (Å²) >= 11 is 0. The van der Waals surface area contributed by atoms with Crippen LogP contribution in [-0.2, 0) is 0 Å². The highest BCUT2D eigenvalue weighted by Crippen LogP contribution is 2.43. The molecule has 0 heterocycles. The number of aromatic hydroxyl groups is 1. The van der Waals surface area contributed by atoms with Crippen LogP contribution < -0.4 is 15.2 Å². The van der Waals surface area contributed by atoms with Gasteiger partial charge in [0.05, 0.1) is 19.8 Å². The van der Waals surface area contributed by atoms with Gasteiger partial charge in [-0.2, -0.15) is 0 Å². The van der Waals surface area contributed by atoms with Gasteiger partial charge in [-0.3, -0.25) is 0 Å². The highest BCUT2D eigenvalue weighted by Gasteiger charge is 2.28. The van der Waals surface area contributed by atoms with Crippen molar-refractivity contribution in [3.05, 3.63) is 17.7 Å². The molecule has 3 N–H and O–H groups in total. The fourth-order valence-electron chi connectivity index (χ4n) is 2.76. The van der Waals surface area contributed by atoms with Gasteiger partial charge in [-0.15, -0.1) is 0 Å². The first-order chi connectivity index (χ1) is 8.67. The summed E-state index contributed by atoms with van der Waals surface area (Å²) in [6, 6.07) is 3.18. The number of rotatable bonds is 4. The minimum absolute atomic E-state index is 0.158. The van der Waals surface area contributed by atoms with Crippen molar-refractivity contribution >= 4 is 0 Å². The number of hydrogen-bond donors (Lipinski definition) is 2. The first-order valence-electron chi connectivity index (χ1n) is 6.37. The van der Waals surface area contributed by atoms with Crippen LogP contribution in [0, 0.1) is 5.92 Å². The van der Waals surface area contributed by atoms with Gasteiger partial charge < -0.3 is 20.3 Å². The van der Waals surface area contributed by atoms with Gasteiger partial charge in [0.2, 0.25) is 0 Å². The Kier molecular flexibility index (Phi) is 3.97. The van der Waals surface area contributed by atoms with Crippen LogP contribution in [-0.4, -0.2) is 19.3 Å². The summed E-state index contributed by atoms with van der Waals surface area (Å²) in [7, 11) is 3.14. The van der Waals surface area contributed by atoms with Gasteiger partial charge in [-0.25, -0.2) is 0 Å². The smallest absolute Gasteiger partial charge is 0.131 e. The molecule has 0 saturated heterocycles. The van der Waals surface area contributed by atoms with E-state index in [-0.39, 0.29) is 11.8 Å². The monoisotopic (exact) mass is 251 g/mol. The van der Waals surface area contributed by atoms with Crippen LogP contribution in [0.15, 0.2) is 12.1 Å². The summed E-state index contributed by atoms with van der Waals surface area (Å²) in [6.07, 6.45) is 4.68. The number of methoxy groups -OCH3 is 2. The molecular formula is C14H21NO3. The zero-order valence-corrected chi connectivity index (χ0v) is 11.0. The third kappa shape index (κ3) is 2.38. The van der Waals surface area contributed by atoms with Crippen LogP contribution in [0.5, 0.6) is 17.2 Å². The van der Waals surface area contributed by atoms with Crippen LogP contribution >= 0.6 is 0 Å². The van der Waals surface area contributed by atoms with Crippen LogP contribution in [0.2, 0.25) is 0 Å². The lowest BCUT2D eigenvalue weighted by atomic mass is 9.91. The second-order valence-corrected chi connectivity index (χ2v) is 4.83. The van der Waals surface area contributed by atoms with E-state index in [0.29, 0.717) is 23.0 Å². The van der Waals surface area contributed by atoms with E-state index in [4.69, 9.17) is 15.2 Å². The summed E-state index contributed by atoms with van der Waals surface area (Å²) in [4.78, 5) is 0. The van der Waals surface area contributed by atoms with E-state index in [1.807, 2.05) is 0 Å². The van der Waals surface area contributed by atoms with Crippen LogP contribution in [0.3, 0.4) is 0 Å². The lowest BCUT2D eigenvalue weighted by molar-refractivity contribution is 0.358. The Morgan fingerprint density at radius 2 is 1.89 bits per heavy atom. The molecule has 1 fully saturated rings. The van der Waals surface area contributed by atoms with Crippen molar-refractivity contribution in [3.8, 4) is 17.2 Å². The van der Waals surface area contributed by atoms with Crippen LogP contribution in [0.25, 0.3) is 0 Å². The van der Waals surface area contributed by atoms with E-state index in [9.17, 15) is 5.11 Å². The molecule has 0 amide bonds. The van der Waals surface area contributed by atoms with Crippen molar-refractivity contribution in [2.45, 2.75) is 31.7 Å². The largest absolute Gasteiger partial charge is 0.507 e. The molecule has 0 aliphatic heterocycles. The lowest BCUT2D eigenvalue weighted by Crippen LogP contribution is -2.20. The minimum Gasteiger partial charge on any atom is -0.507 e. The molecule has 1 aliphatic carbocycles. The maximum Gasteiger partial charge on any atom is 0.131 e. The second kappa shape index (κ2) is 5.48. The topological polar surface area (TPSA) is 64.7 Å². The molecular weight excluding hydrogens is 230 g/mol. The molecule has 4 heteroatoms. The van der Waals surface area contributed by atoms with E-state index in [1.54, 1.807) is 26.4 Å². The van der Waals surface area contributed by atoms with E-state index >= 15 is 0 Å². The zero-order valence-electron chi connectivity index (χ0n) is 11.0. The zero-order chi connectivity index (χ0) is 13.1. The van der Waals surface area contributed by atoms with Crippen molar-refractivity contribution in [3.63, 3.8) is 0 Å². The molecule has 1 aromatic carbocycles. The Balaban J connectivity index is 2.35. The second-order valence-electron chi connectivity index (χ2n) is 4.83. The van der Waals surface area contributed by atoms with Crippen molar-refractivity contribution in [2.24, 2.45) is 11.7 Å². The highest BCUT2D eigenvalue weighted by molar-refractivity contribution is 5.51. The van der Waals surface area contributed by atoms with Gasteiger partial charge in [-0.1, -0.05) is 12.8 Å². The molecule has 4 nitrogen and oxygen atoms in total. The van der Waals surface area contributed by atoms with Crippen LogP contribution in [0.1, 0.15) is 37.3 Å². The summed E-state index contributed by atoms with van der Waals surface area (Å²) in [5.41, 5.74) is 6.99. The van der Waals surface area contributed by atoms with Gasteiger partial charge in [0, 0.05) is 18.2 Å². The van der Waals surface area contributed by atoms with Gasteiger partial charge in [0.1, 0.15) is 17.2 Å². The molecule has 0 unspecified atom stereocenters. The molecule has 0 spiro atoms. The van der Waals surface area contributed by atoms with Crippen molar-refractivity contribution in [1.29, 1.82) is 0 Å². The van der Waals surface area contributed by atoms with E-state index < -0.39 is 0 Å².